The fourth-order valence-corrected chi connectivity index (χ4v) is 3.19. The lowest BCUT2D eigenvalue weighted by Gasteiger charge is -2.13. The van der Waals surface area contributed by atoms with Crippen LogP contribution in [0, 0.1) is 11.3 Å². The van der Waals surface area contributed by atoms with Crippen molar-refractivity contribution in [2.75, 3.05) is 12.8 Å². The number of nitrogens with two attached hydrogens (primary N) is 1. The highest BCUT2D eigenvalue weighted by atomic mass is 16.5. The van der Waals surface area contributed by atoms with Gasteiger partial charge in [-0.2, -0.15) is 5.26 Å². The lowest BCUT2D eigenvalue weighted by atomic mass is 9.94. The fraction of sp³-hybridized carbons (Fsp3) is 0.0476. The highest BCUT2D eigenvalue weighted by molar-refractivity contribution is 6.12. The summed E-state index contributed by atoms with van der Waals surface area (Å²) in [6.45, 7) is 0. The Balaban J connectivity index is 2.13. The molecule has 0 saturated heterocycles. The Labute approximate surface area is 145 Å². The topological polar surface area (TPSA) is 71.9 Å². The second-order valence-electron chi connectivity index (χ2n) is 5.77. The van der Waals surface area contributed by atoms with Crippen LogP contribution >= 0.6 is 0 Å². The molecule has 0 spiro atoms. The quantitative estimate of drug-likeness (QED) is 0.550. The molecule has 0 unspecified atom stereocenters. The first kappa shape index (κ1) is 15.0. The zero-order chi connectivity index (χ0) is 17.4. The molecular formula is C21H15N3O. The Morgan fingerprint density at radius 2 is 1.72 bits per heavy atom. The summed E-state index contributed by atoms with van der Waals surface area (Å²) in [5.74, 6) is 1.01. The van der Waals surface area contributed by atoms with Crippen molar-refractivity contribution in [3.8, 4) is 22.9 Å². The van der Waals surface area contributed by atoms with E-state index in [4.69, 9.17) is 10.5 Å². The number of hydrogen-bond donors (Lipinski definition) is 1. The normalized spacial score (nSPS) is 10.7. The highest BCUT2D eigenvalue weighted by Gasteiger charge is 2.16. The van der Waals surface area contributed by atoms with Gasteiger partial charge in [0.25, 0.3) is 0 Å². The maximum absolute atomic E-state index is 9.64. The highest BCUT2D eigenvalue weighted by Crippen LogP contribution is 2.37. The molecule has 0 saturated carbocycles. The van der Waals surface area contributed by atoms with E-state index in [2.05, 4.69) is 11.1 Å². The Morgan fingerprint density at radius 1 is 0.960 bits per heavy atom. The molecule has 0 bridgehead atoms. The van der Waals surface area contributed by atoms with Crippen LogP contribution in [-0.2, 0) is 0 Å². The average Bonchev–Trinajstić information content (AvgIpc) is 2.67. The first-order valence-electron chi connectivity index (χ1n) is 7.88. The van der Waals surface area contributed by atoms with Gasteiger partial charge < -0.3 is 10.5 Å². The number of nitrogens with zero attached hydrogens (tertiary/aromatic N) is 2. The van der Waals surface area contributed by atoms with Gasteiger partial charge in [0, 0.05) is 16.3 Å². The van der Waals surface area contributed by atoms with Crippen molar-refractivity contribution in [3.05, 3.63) is 66.2 Å². The van der Waals surface area contributed by atoms with E-state index in [0.717, 1.165) is 38.6 Å². The molecule has 1 heterocycles. The zero-order valence-corrected chi connectivity index (χ0v) is 13.7. The maximum Gasteiger partial charge on any atom is 0.142 e. The first-order chi connectivity index (χ1) is 12.2. The molecule has 4 nitrogen and oxygen atoms in total. The zero-order valence-electron chi connectivity index (χ0n) is 13.7. The minimum Gasteiger partial charge on any atom is -0.497 e. The van der Waals surface area contributed by atoms with Gasteiger partial charge in [-0.15, -0.1) is 0 Å². The van der Waals surface area contributed by atoms with E-state index >= 15 is 0 Å². The van der Waals surface area contributed by atoms with Crippen molar-refractivity contribution < 1.29 is 4.74 Å². The third-order valence-corrected chi connectivity index (χ3v) is 4.40. The lowest BCUT2D eigenvalue weighted by Crippen LogP contribution is -1.99. The summed E-state index contributed by atoms with van der Waals surface area (Å²) in [5, 5.41) is 12.7. The molecule has 1 aromatic heterocycles. The van der Waals surface area contributed by atoms with Crippen LogP contribution in [-0.4, -0.2) is 12.1 Å². The molecule has 0 aliphatic rings. The summed E-state index contributed by atoms with van der Waals surface area (Å²) < 4.78 is 5.23. The Hall–Kier alpha value is -3.58. The number of anilines is 1. The van der Waals surface area contributed by atoms with Crippen LogP contribution < -0.4 is 10.5 Å². The molecule has 4 heteroatoms. The van der Waals surface area contributed by atoms with E-state index in [1.54, 1.807) is 7.11 Å². The summed E-state index contributed by atoms with van der Waals surface area (Å²) in [6, 6.07) is 21.9. The van der Waals surface area contributed by atoms with Crippen LogP contribution in [0.25, 0.3) is 32.8 Å². The van der Waals surface area contributed by atoms with Crippen LogP contribution in [0.15, 0.2) is 60.7 Å². The number of fused-ring (bicyclic) bond motifs is 3. The summed E-state index contributed by atoms with van der Waals surface area (Å²) in [7, 11) is 1.63. The van der Waals surface area contributed by atoms with Crippen molar-refractivity contribution >= 4 is 27.5 Å². The number of nitriles is 1. The number of ether oxygens (including phenoxy) is 1. The molecule has 4 aromatic rings. The molecule has 120 valence electrons. The maximum atomic E-state index is 9.64. The predicted molar refractivity (Wildman–Crippen MR) is 100 cm³/mol. The van der Waals surface area contributed by atoms with Gasteiger partial charge in [0.2, 0.25) is 0 Å². The molecule has 0 amide bonds. The van der Waals surface area contributed by atoms with Gasteiger partial charge in [-0.1, -0.05) is 48.5 Å². The first-order valence-corrected chi connectivity index (χ1v) is 7.88. The van der Waals surface area contributed by atoms with Crippen molar-refractivity contribution in [1.82, 2.24) is 4.98 Å². The van der Waals surface area contributed by atoms with Gasteiger partial charge in [-0.3, -0.25) is 0 Å². The van der Waals surface area contributed by atoms with Crippen molar-refractivity contribution in [1.29, 1.82) is 5.26 Å². The number of rotatable bonds is 2. The van der Waals surface area contributed by atoms with E-state index in [9.17, 15) is 5.26 Å². The minimum atomic E-state index is 0.247. The fourth-order valence-electron chi connectivity index (χ4n) is 3.19. The Bertz CT molecular complexity index is 1140. The molecule has 0 aliphatic heterocycles. The number of methoxy groups -OCH3 is 1. The molecule has 0 aliphatic carbocycles. The van der Waals surface area contributed by atoms with Crippen LogP contribution in [0.4, 0.5) is 5.82 Å². The molecule has 3 aromatic carbocycles. The van der Waals surface area contributed by atoms with Crippen LogP contribution in [0.3, 0.4) is 0 Å². The Morgan fingerprint density at radius 3 is 2.44 bits per heavy atom. The van der Waals surface area contributed by atoms with Gasteiger partial charge in [0.1, 0.15) is 23.2 Å². The minimum absolute atomic E-state index is 0.247. The van der Waals surface area contributed by atoms with Gasteiger partial charge >= 0.3 is 0 Å². The monoisotopic (exact) mass is 325 g/mol. The van der Waals surface area contributed by atoms with Gasteiger partial charge in [-0.25, -0.2) is 4.98 Å². The summed E-state index contributed by atoms with van der Waals surface area (Å²) in [6.07, 6.45) is 0. The molecular weight excluding hydrogens is 310 g/mol. The number of pyridine rings is 1. The molecule has 4 rings (SSSR count). The van der Waals surface area contributed by atoms with Crippen molar-refractivity contribution in [2.24, 2.45) is 0 Å². The molecule has 0 atom stereocenters. The van der Waals surface area contributed by atoms with E-state index in [-0.39, 0.29) is 5.82 Å². The number of hydrogen-bond acceptors (Lipinski definition) is 4. The van der Waals surface area contributed by atoms with E-state index in [1.165, 1.54) is 0 Å². The summed E-state index contributed by atoms with van der Waals surface area (Å²) in [4.78, 5) is 4.53. The van der Waals surface area contributed by atoms with Crippen LogP contribution in [0.2, 0.25) is 0 Å². The molecule has 2 N–H and O–H groups in total. The van der Waals surface area contributed by atoms with Crippen molar-refractivity contribution in [2.45, 2.75) is 0 Å². The largest absolute Gasteiger partial charge is 0.497 e. The van der Waals surface area contributed by atoms with Crippen LogP contribution in [0.1, 0.15) is 5.56 Å². The van der Waals surface area contributed by atoms with E-state index in [0.29, 0.717) is 5.56 Å². The predicted octanol–water partition coefficient (Wildman–Crippen LogP) is 4.52. The summed E-state index contributed by atoms with van der Waals surface area (Å²) >= 11 is 0. The second-order valence-corrected chi connectivity index (χ2v) is 5.77. The van der Waals surface area contributed by atoms with Crippen molar-refractivity contribution in [3.63, 3.8) is 0 Å². The molecule has 0 radical (unpaired) electrons. The number of aromatic nitrogens is 1. The standard InChI is InChI=1S/C21H15N3O/c1-25-15-9-6-14(7-10-15)19-17-11-8-13-4-2-3-5-16(13)20(17)24-21(23)18(19)12-22/h2-11H,1H3,(H2,23,24). The number of nitrogen functional groups attached to an aromatic ring is 1. The van der Waals surface area contributed by atoms with E-state index < -0.39 is 0 Å². The lowest BCUT2D eigenvalue weighted by molar-refractivity contribution is 0.415. The Kier molecular flexibility index (Phi) is 3.48. The van der Waals surface area contributed by atoms with Crippen LogP contribution in [0.5, 0.6) is 5.75 Å². The van der Waals surface area contributed by atoms with E-state index in [1.807, 2.05) is 60.7 Å². The van der Waals surface area contributed by atoms with Gasteiger partial charge in [0.05, 0.1) is 12.6 Å². The van der Waals surface area contributed by atoms with Gasteiger partial charge in [0.15, 0.2) is 0 Å². The second kappa shape index (κ2) is 5.81. The SMILES string of the molecule is COc1ccc(-c2c(C#N)c(N)nc3c2ccc2ccccc23)cc1. The summed E-state index contributed by atoms with van der Waals surface area (Å²) in [5.41, 5.74) is 9.04. The molecule has 0 fully saturated rings. The van der Waals surface area contributed by atoms with Gasteiger partial charge in [-0.05, 0) is 23.1 Å². The number of benzene rings is 3. The third kappa shape index (κ3) is 2.34. The smallest absolute Gasteiger partial charge is 0.142 e. The third-order valence-electron chi connectivity index (χ3n) is 4.40. The average molecular weight is 325 g/mol. The molecule has 25 heavy (non-hydrogen) atoms.